The lowest BCUT2D eigenvalue weighted by molar-refractivity contribution is -0.137. The summed E-state index contributed by atoms with van der Waals surface area (Å²) in [7, 11) is 0. The van der Waals surface area contributed by atoms with E-state index >= 15 is 0 Å². The number of hydrogen-bond acceptors (Lipinski definition) is 2. The number of benzene rings is 2. The van der Waals surface area contributed by atoms with E-state index in [-0.39, 0.29) is 23.6 Å². The van der Waals surface area contributed by atoms with Crippen molar-refractivity contribution in [3.8, 4) is 11.5 Å². The van der Waals surface area contributed by atoms with Gasteiger partial charge < -0.3 is 10.5 Å². The van der Waals surface area contributed by atoms with Crippen molar-refractivity contribution in [2.75, 3.05) is 0 Å². The van der Waals surface area contributed by atoms with Crippen LogP contribution in [0.5, 0.6) is 11.5 Å². The molecule has 2 rings (SSSR count). The van der Waals surface area contributed by atoms with Gasteiger partial charge in [-0.1, -0.05) is 0 Å². The molecule has 21 heavy (non-hydrogen) atoms. The Hall–Kier alpha value is -2.15. The first kappa shape index (κ1) is 15.2. The van der Waals surface area contributed by atoms with E-state index in [2.05, 4.69) is 0 Å². The number of alkyl halides is 3. The Morgan fingerprint density at radius 3 is 2.24 bits per heavy atom. The van der Waals surface area contributed by atoms with Crippen LogP contribution in [0.1, 0.15) is 11.1 Å². The zero-order chi connectivity index (χ0) is 15.6. The van der Waals surface area contributed by atoms with Crippen LogP contribution in [0.2, 0.25) is 0 Å². The molecule has 0 unspecified atom stereocenters. The second-order valence-corrected chi connectivity index (χ2v) is 4.20. The van der Waals surface area contributed by atoms with Crippen LogP contribution >= 0.6 is 0 Å². The Kier molecular flexibility index (Phi) is 4.13. The maximum absolute atomic E-state index is 13.1. The standard InChI is InChI=1S/C14H10F5NO/c15-11-3-2-10(6-12(11)16)21-13-4-1-9(14(17,18)19)5-8(13)7-20/h1-6H,7,20H2. The molecule has 2 aromatic carbocycles. The number of ether oxygens (including phenoxy) is 1. The highest BCUT2D eigenvalue weighted by atomic mass is 19.4. The average molecular weight is 303 g/mol. The maximum Gasteiger partial charge on any atom is 0.416 e. The van der Waals surface area contributed by atoms with Crippen LogP contribution in [0.3, 0.4) is 0 Å². The van der Waals surface area contributed by atoms with Gasteiger partial charge >= 0.3 is 6.18 Å². The van der Waals surface area contributed by atoms with Crippen molar-refractivity contribution in [2.24, 2.45) is 5.73 Å². The molecule has 0 saturated heterocycles. The summed E-state index contributed by atoms with van der Waals surface area (Å²) in [5.41, 5.74) is 4.63. The quantitative estimate of drug-likeness (QED) is 0.861. The van der Waals surface area contributed by atoms with Gasteiger partial charge in [-0.3, -0.25) is 0 Å². The van der Waals surface area contributed by atoms with Crippen LogP contribution in [0.15, 0.2) is 36.4 Å². The Morgan fingerprint density at radius 2 is 1.67 bits per heavy atom. The highest BCUT2D eigenvalue weighted by Gasteiger charge is 2.31. The average Bonchev–Trinajstić information content (AvgIpc) is 2.42. The highest BCUT2D eigenvalue weighted by Crippen LogP contribution is 2.34. The minimum Gasteiger partial charge on any atom is -0.457 e. The van der Waals surface area contributed by atoms with Gasteiger partial charge in [0.25, 0.3) is 0 Å². The van der Waals surface area contributed by atoms with Gasteiger partial charge in [-0.15, -0.1) is 0 Å². The van der Waals surface area contributed by atoms with E-state index in [4.69, 9.17) is 10.5 Å². The zero-order valence-electron chi connectivity index (χ0n) is 10.5. The lowest BCUT2D eigenvalue weighted by Gasteiger charge is -2.13. The Morgan fingerprint density at radius 1 is 0.952 bits per heavy atom. The molecule has 0 bridgehead atoms. The topological polar surface area (TPSA) is 35.2 Å². The van der Waals surface area contributed by atoms with Gasteiger partial charge in [-0.25, -0.2) is 8.78 Å². The molecule has 0 amide bonds. The first-order valence-electron chi connectivity index (χ1n) is 5.84. The maximum atomic E-state index is 13.1. The summed E-state index contributed by atoms with van der Waals surface area (Å²) >= 11 is 0. The lowest BCUT2D eigenvalue weighted by atomic mass is 10.1. The zero-order valence-corrected chi connectivity index (χ0v) is 10.5. The molecule has 0 aromatic heterocycles. The van der Waals surface area contributed by atoms with Crippen LogP contribution in [0.25, 0.3) is 0 Å². The third-order valence-corrected chi connectivity index (χ3v) is 2.73. The predicted molar refractivity (Wildman–Crippen MR) is 65.8 cm³/mol. The second-order valence-electron chi connectivity index (χ2n) is 4.20. The van der Waals surface area contributed by atoms with E-state index in [9.17, 15) is 22.0 Å². The molecule has 0 spiro atoms. The van der Waals surface area contributed by atoms with Crippen molar-refractivity contribution in [3.05, 3.63) is 59.2 Å². The van der Waals surface area contributed by atoms with Crippen molar-refractivity contribution in [1.82, 2.24) is 0 Å². The molecule has 0 aliphatic rings. The summed E-state index contributed by atoms with van der Waals surface area (Å²) in [5, 5.41) is 0. The van der Waals surface area contributed by atoms with Crippen molar-refractivity contribution in [1.29, 1.82) is 0 Å². The molecule has 0 heterocycles. The Labute approximate surface area is 116 Å². The molecule has 0 aliphatic heterocycles. The molecule has 2 nitrogen and oxygen atoms in total. The molecule has 0 fully saturated rings. The molecule has 0 atom stereocenters. The van der Waals surface area contributed by atoms with Crippen molar-refractivity contribution in [2.45, 2.75) is 12.7 Å². The summed E-state index contributed by atoms with van der Waals surface area (Å²) in [6.07, 6.45) is -4.50. The van der Waals surface area contributed by atoms with Gasteiger partial charge in [0.2, 0.25) is 0 Å². The molecule has 2 N–H and O–H groups in total. The SMILES string of the molecule is NCc1cc(C(F)(F)F)ccc1Oc1ccc(F)c(F)c1. The third kappa shape index (κ3) is 3.49. The van der Waals surface area contributed by atoms with E-state index in [0.717, 1.165) is 36.4 Å². The smallest absolute Gasteiger partial charge is 0.416 e. The normalized spacial score (nSPS) is 11.5. The van der Waals surface area contributed by atoms with Crippen molar-refractivity contribution < 1.29 is 26.7 Å². The summed E-state index contributed by atoms with van der Waals surface area (Å²) in [5.74, 6) is -2.15. The summed E-state index contributed by atoms with van der Waals surface area (Å²) in [6, 6.07) is 5.59. The van der Waals surface area contributed by atoms with Crippen molar-refractivity contribution >= 4 is 0 Å². The summed E-state index contributed by atoms with van der Waals surface area (Å²) in [6.45, 7) is -0.192. The monoisotopic (exact) mass is 303 g/mol. The van der Waals surface area contributed by atoms with E-state index < -0.39 is 23.4 Å². The highest BCUT2D eigenvalue weighted by molar-refractivity contribution is 5.41. The van der Waals surface area contributed by atoms with E-state index in [1.807, 2.05) is 0 Å². The van der Waals surface area contributed by atoms with Gasteiger partial charge in [0, 0.05) is 18.2 Å². The first-order valence-corrected chi connectivity index (χ1v) is 5.84. The predicted octanol–water partition coefficient (Wildman–Crippen LogP) is 4.23. The Balaban J connectivity index is 2.33. The minimum absolute atomic E-state index is 0.0386. The third-order valence-electron chi connectivity index (χ3n) is 2.73. The first-order chi connectivity index (χ1) is 9.81. The van der Waals surface area contributed by atoms with E-state index in [1.54, 1.807) is 0 Å². The van der Waals surface area contributed by atoms with Crippen LogP contribution in [0, 0.1) is 11.6 Å². The number of rotatable bonds is 3. The van der Waals surface area contributed by atoms with Gasteiger partial charge in [0.15, 0.2) is 11.6 Å². The lowest BCUT2D eigenvalue weighted by Crippen LogP contribution is -2.08. The number of halogens is 5. The minimum atomic E-state index is -4.50. The van der Waals surface area contributed by atoms with Gasteiger partial charge in [-0.2, -0.15) is 13.2 Å². The fourth-order valence-corrected chi connectivity index (χ4v) is 1.68. The largest absolute Gasteiger partial charge is 0.457 e. The molecule has 0 saturated carbocycles. The molecular weight excluding hydrogens is 293 g/mol. The van der Waals surface area contributed by atoms with Crippen molar-refractivity contribution in [3.63, 3.8) is 0 Å². The van der Waals surface area contributed by atoms with E-state index in [0.29, 0.717) is 0 Å². The van der Waals surface area contributed by atoms with Crippen LogP contribution < -0.4 is 10.5 Å². The molecule has 112 valence electrons. The van der Waals surface area contributed by atoms with Gasteiger partial charge in [0.1, 0.15) is 11.5 Å². The number of nitrogens with two attached hydrogens (primary N) is 1. The van der Waals surface area contributed by atoms with Crippen LogP contribution in [-0.4, -0.2) is 0 Å². The van der Waals surface area contributed by atoms with E-state index in [1.165, 1.54) is 0 Å². The van der Waals surface area contributed by atoms with Gasteiger partial charge in [0.05, 0.1) is 5.56 Å². The van der Waals surface area contributed by atoms with Crippen LogP contribution in [-0.2, 0) is 12.7 Å². The number of hydrogen-bond donors (Lipinski definition) is 1. The van der Waals surface area contributed by atoms with Crippen LogP contribution in [0.4, 0.5) is 22.0 Å². The summed E-state index contributed by atoms with van der Waals surface area (Å²) in [4.78, 5) is 0. The molecule has 7 heteroatoms. The van der Waals surface area contributed by atoms with Gasteiger partial charge in [-0.05, 0) is 30.3 Å². The Bertz CT molecular complexity index is 654. The summed E-state index contributed by atoms with van der Waals surface area (Å²) < 4.78 is 68.9. The second kappa shape index (κ2) is 5.69. The fraction of sp³-hybridized carbons (Fsp3) is 0.143. The molecular formula is C14H10F5NO. The molecule has 0 radical (unpaired) electrons. The molecule has 2 aromatic rings. The fourth-order valence-electron chi connectivity index (χ4n) is 1.68. The molecule has 0 aliphatic carbocycles.